The quantitative estimate of drug-likeness (QED) is 0.160. The maximum absolute atomic E-state index is 10.9. The van der Waals surface area contributed by atoms with Crippen LogP contribution in [-0.2, 0) is 0 Å². The van der Waals surface area contributed by atoms with Crippen LogP contribution in [0.3, 0.4) is 0 Å². The first kappa shape index (κ1) is 19.5. The minimum Gasteiger partial charge on any atom is -0.378 e. The average molecular weight is 433 g/mol. The Morgan fingerprint density at radius 1 is 1.30 bits per heavy atom. The number of halogens is 1. The molecule has 0 heterocycles. The van der Waals surface area contributed by atoms with Crippen LogP contribution in [0.1, 0.15) is 25.7 Å². The van der Waals surface area contributed by atoms with Crippen molar-refractivity contribution in [1.29, 1.82) is 0 Å². The number of anilines is 1. The molecular formula is C15H24IN5O2. The van der Waals surface area contributed by atoms with E-state index in [2.05, 4.69) is 20.9 Å². The van der Waals surface area contributed by atoms with Crippen LogP contribution in [0.25, 0.3) is 0 Å². The third kappa shape index (κ3) is 6.20. The lowest BCUT2D eigenvalue weighted by molar-refractivity contribution is -0.384. The van der Waals surface area contributed by atoms with Crippen molar-refractivity contribution in [2.75, 3.05) is 25.5 Å². The van der Waals surface area contributed by atoms with Crippen LogP contribution in [0, 0.1) is 10.1 Å². The van der Waals surface area contributed by atoms with Crippen molar-refractivity contribution in [1.82, 2.24) is 10.6 Å². The van der Waals surface area contributed by atoms with Gasteiger partial charge in [0.15, 0.2) is 5.96 Å². The summed E-state index contributed by atoms with van der Waals surface area (Å²) in [7, 11) is 1.75. The number of rotatable bonds is 6. The van der Waals surface area contributed by atoms with Gasteiger partial charge < -0.3 is 16.0 Å². The van der Waals surface area contributed by atoms with Crippen LogP contribution in [0.2, 0.25) is 0 Å². The molecule has 1 aliphatic rings. The van der Waals surface area contributed by atoms with Gasteiger partial charge in [0.1, 0.15) is 5.69 Å². The Morgan fingerprint density at radius 3 is 2.65 bits per heavy atom. The molecular weight excluding hydrogens is 409 g/mol. The molecule has 0 amide bonds. The zero-order chi connectivity index (χ0) is 15.8. The first-order valence-electron chi connectivity index (χ1n) is 7.65. The van der Waals surface area contributed by atoms with Gasteiger partial charge in [-0.2, -0.15) is 0 Å². The molecule has 3 N–H and O–H groups in total. The predicted octanol–water partition coefficient (Wildman–Crippen LogP) is 2.73. The Labute approximate surface area is 153 Å². The summed E-state index contributed by atoms with van der Waals surface area (Å²) in [5.74, 6) is 0.788. The molecule has 7 nitrogen and oxygen atoms in total. The van der Waals surface area contributed by atoms with Crippen molar-refractivity contribution in [2.24, 2.45) is 4.99 Å². The molecule has 2 rings (SSSR count). The summed E-state index contributed by atoms with van der Waals surface area (Å²) in [6, 6.07) is 7.16. The lowest BCUT2D eigenvalue weighted by atomic mass is 10.2. The van der Waals surface area contributed by atoms with E-state index in [1.54, 1.807) is 25.2 Å². The van der Waals surface area contributed by atoms with Crippen LogP contribution in [0.15, 0.2) is 29.3 Å². The van der Waals surface area contributed by atoms with Crippen LogP contribution in [0.4, 0.5) is 11.4 Å². The molecule has 0 radical (unpaired) electrons. The first-order valence-corrected chi connectivity index (χ1v) is 7.65. The van der Waals surface area contributed by atoms with Gasteiger partial charge in [-0.05, 0) is 18.9 Å². The minimum atomic E-state index is -0.379. The van der Waals surface area contributed by atoms with Crippen LogP contribution >= 0.6 is 24.0 Å². The molecule has 1 saturated carbocycles. The second kappa shape index (κ2) is 10.2. The molecule has 0 bridgehead atoms. The highest BCUT2D eigenvalue weighted by molar-refractivity contribution is 14.0. The Balaban J connectivity index is 0.00000264. The van der Waals surface area contributed by atoms with Crippen LogP contribution < -0.4 is 16.0 Å². The van der Waals surface area contributed by atoms with Crippen molar-refractivity contribution in [2.45, 2.75) is 31.7 Å². The van der Waals surface area contributed by atoms with Crippen molar-refractivity contribution < 1.29 is 4.92 Å². The van der Waals surface area contributed by atoms with E-state index in [1.165, 1.54) is 31.7 Å². The number of nitrogens with zero attached hydrogens (tertiary/aromatic N) is 2. The van der Waals surface area contributed by atoms with Crippen molar-refractivity contribution >= 4 is 41.3 Å². The summed E-state index contributed by atoms with van der Waals surface area (Å²) in [6.07, 6.45) is 4.92. The Morgan fingerprint density at radius 2 is 2.00 bits per heavy atom. The largest absolute Gasteiger partial charge is 0.378 e. The molecule has 23 heavy (non-hydrogen) atoms. The highest BCUT2D eigenvalue weighted by atomic mass is 127. The van der Waals surface area contributed by atoms with E-state index in [4.69, 9.17) is 0 Å². The summed E-state index contributed by atoms with van der Waals surface area (Å²) in [5.41, 5.74) is 0.629. The molecule has 1 fully saturated rings. The summed E-state index contributed by atoms with van der Waals surface area (Å²) in [5, 5.41) is 20.6. The Bertz CT molecular complexity index is 532. The van der Waals surface area contributed by atoms with Gasteiger partial charge in [0.05, 0.1) is 4.92 Å². The molecule has 0 spiro atoms. The van der Waals surface area contributed by atoms with Gasteiger partial charge in [0.25, 0.3) is 5.69 Å². The predicted molar refractivity (Wildman–Crippen MR) is 104 cm³/mol. The highest BCUT2D eigenvalue weighted by Gasteiger charge is 2.15. The first-order chi connectivity index (χ1) is 10.7. The third-order valence-electron chi connectivity index (χ3n) is 3.75. The third-order valence-corrected chi connectivity index (χ3v) is 3.75. The fourth-order valence-corrected chi connectivity index (χ4v) is 2.62. The summed E-state index contributed by atoms with van der Waals surface area (Å²) in [4.78, 5) is 14.7. The SMILES string of the molecule is CN=C(NCCNc1ccccc1[N+](=O)[O-])NC1CCCC1.I. The van der Waals surface area contributed by atoms with E-state index in [-0.39, 0.29) is 34.6 Å². The van der Waals surface area contributed by atoms with E-state index >= 15 is 0 Å². The molecule has 1 aliphatic carbocycles. The van der Waals surface area contributed by atoms with Gasteiger partial charge in [-0.3, -0.25) is 15.1 Å². The maximum Gasteiger partial charge on any atom is 0.292 e. The molecule has 0 aromatic heterocycles. The molecule has 1 aromatic rings. The molecule has 0 saturated heterocycles. The van der Waals surface area contributed by atoms with Gasteiger partial charge >= 0.3 is 0 Å². The van der Waals surface area contributed by atoms with Crippen molar-refractivity contribution in [3.8, 4) is 0 Å². The number of hydrogen-bond donors (Lipinski definition) is 3. The number of benzene rings is 1. The molecule has 1 aromatic carbocycles. The summed E-state index contributed by atoms with van der Waals surface area (Å²) < 4.78 is 0. The Kier molecular flexibility index (Phi) is 8.67. The molecule has 0 aliphatic heterocycles. The van der Waals surface area contributed by atoms with Gasteiger partial charge in [0.2, 0.25) is 0 Å². The highest BCUT2D eigenvalue weighted by Crippen LogP contribution is 2.22. The van der Waals surface area contributed by atoms with Crippen LogP contribution in [-0.4, -0.2) is 37.1 Å². The number of hydrogen-bond acceptors (Lipinski definition) is 4. The molecule has 0 unspecified atom stereocenters. The maximum atomic E-state index is 10.9. The van der Waals surface area contributed by atoms with E-state index in [1.807, 2.05) is 0 Å². The molecule has 8 heteroatoms. The smallest absolute Gasteiger partial charge is 0.292 e. The van der Waals surface area contributed by atoms with E-state index in [0.717, 1.165) is 5.96 Å². The normalized spacial score (nSPS) is 14.9. The number of aliphatic imine (C=N–C) groups is 1. The van der Waals surface area contributed by atoms with Gasteiger partial charge in [0, 0.05) is 32.2 Å². The lowest BCUT2D eigenvalue weighted by Gasteiger charge is -2.17. The fourth-order valence-electron chi connectivity index (χ4n) is 2.62. The van der Waals surface area contributed by atoms with E-state index in [9.17, 15) is 10.1 Å². The van der Waals surface area contributed by atoms with Crippen LogP contribution in [0.5, 0.6) is 0 Å². The number of para-hydroxylation sites is 2. The van der Waals surface area contributed by atoms with Crippen molar-refractivity contribution in [3.05, 3.63) is 34.4 Å². The Hall–Kier alpha value is -1.58. The van der Waals surface area contributed by atoms with Crippen molar-refractivity contribution in [3.63, 3.8) is 0 Å². The molecule has 0 atom stereocenters. The number of nitro benzene ring substituents is 1. The average Bonchev–Trinajstić information content (AvgIpc) is 3.03. The topological polar surface area (TPSA) is 91.6 Å². The number of nitrogens with one attached hydrogen (secondary N) is 3. The van der Waals surface area contributed by atoms with Gasteiger partial charge in [-0.25, -0.2) is 0 Å². The zero-order valence-electron chi connectivity index (χ0n) is 13.2. The second-order valence-electron chi connectivity index (χ2n) is 5.33. The fraction of sp³-hybridized carbons (Fsp3) is 0.533. The minimum absolute atomic E-state index is 0. The van der Waals surface area contributed by atoms with E-state index in [0.29, 0.717) is 24.8 Å². The zero-order valence-corrected chi connectivity index (χ0v) is 15.6. The van der Waals surface area contributed by atoms with Gasteiger partial charge in [-0.1, -0.05) is 25.0 Å². The second-order valence-corrected chi connectivity index (χ2v) is 5.33. The lowest BCUT2D eigenvalue weighted by Crippen LogP contribution is -2.43. The van der Waals surface area contributed by atoms with Gasteiger partial charge in [-0.15, -0.1) is 24.0 Å². The standard InChI is InChI=1S/C15H23N5O2.HI/c1-16-15(19-12-6-2-3-7-12)18-11-10-17-13-8-4-5-9-14(13)20(21)22;/h4-5,8-9,12,17H,2-3,6-7,10-11H2,1H3,(H2,16,18,19);1H. The van der Waals surface area contributed by atoms with E-state index < -0.39 is 0 Å². The molecule has 128 valence electrons. The number of guanidine groups is 1. The summed E-state index contributed by atoms with van der Waals surface area (Å²) in [6.45, 7) is 1.22. The summed E-state index contributed by atoms with van der Waals surface area (Å²) >= 11 is 0. The monoisotopic (exact) mass is 433 g/mol. The number of nitro groups is 1.